The van der Waals surface area contributed by atoms with E-state index in [4.69, 9.17) is 4.74 Å². The molecule has 6 nitrogen and oxygen atoms in total. The number of aliphatic hydroxyl groups excluding tert-OH is 2. The molecule has 1 amide bonds. The fourth-order valence-electron chi connectivity index (χ4n) is 12.5. The minimum absolute atomic E-state index is 0.0210. The Morgan fingerprint density at radius 3 is 0.819 bits per heavy atom. The van der Waals surface area contributed by atoms with Crippen molar-refractivity contribution in [2.24, 2.45) is 0 Å². The van der Waals surface area contributed by atoms with E-state index in [0.717, 1.165) is 38.5 Å². The highest BCUT2D eigenvalue weighted by molar-refractivity contribution is 5.76. The highest BCUT2D eigenvalue weighted by Gasteiger charge is 2.18. The lowest BCUT2D eigenvalue weighted by Crippen LogP contribution is -2.45. The topological polar surface area (TPSA) is 95.9 Å². The summed E-state index contributed by atoms with van der Waals surface area (Å²) in [6.07, 6.45) is 91.8. The maximum Gasteiger partial charge on any atom is 0.305 e. The number of hydrogen-bond donors (Lipinski definition) is 3. The van der Waals surface area contributed by atoms with Crippen LogP contribution in [0.25, 0.3) is 0 Å². The van der Waals surface area contributed by atoms with E-state index >= 15 is 0 Å². The first-order chi connectivity index (χ1) is 41.0. The van der Waals surface area contributed by atoms with Crippen LogP contribution >= 0.6 is 0 Å². The summed E-state index contributed by atoms with van der Waals surface area (Å²) >= 11 is 0. The molecule has 83 heavy (non-hydrogen) atoms. The van der Waals surface area contributed by atoms with Crippen LogP contribution in [0.3, 0.4) is 0 Å². The summed E-state index contributed by atoms with van der Waals surface area (Å²) in [7, 11) is 0. The van der Waals surface area contributed by atoms with Crippen LogP contribution in [0.4, 0.5) is 0 Å². The molecular formula is C77H151NO5. The van der Waals surface area contributed by atoms with Gasteiger partial charge in [-0.15, -0.1) is 0 Å². The molecule has 0 saturated carbocycles. The number of nitrogens with one attached hydrogen (secondary N) is 1. The zero-order valence-electron chi connectivity index (χ0n) is 56.7. The van der Waals surface area contributed by atoms with Gasteiger partial charge >= 0.3 is 5.97 Å². The van der Waals surface area contributed by atoms with E-state index in [1.165, 1.54) is 379 Å². The first kappa shape index (κ1) is 81.6. The van der Waals surface area contributed by atoms with Crippen LogP contribution in [-0.2, 0) is 14.3 Å². The second kappa shape index (κ2) is 73.1. The smallest absolute Gasteiger partial charge is 0.305 e. The van der Waals surface area contributed by atoms with E-state index in [2.05, 4.69) is 19.2 Å². The first-order valence-electron chi connectivity index (χ1n) is 38.5. The molecule has 0 spiro atoms. The molecule has 0 aliphatic carbocycles. The van der Waals surface area contributed by atoms with Crippen LogP contribution in [0.1, 0.15) is 444 Å². The van der Waals surface area contributed by atoms with Crippen molar-refractivity contribution in [2.75, 3.05) is 13.2 Å². The maximum atomic E-state index is 12.6. The predicted molar refractivity (Wildman–Crippen MR) is 366 cm³/mol. The maximum absolute atomic E-state index is 12.6. The van der Waals surface area contributed by atoms with E-state index in [-0.39, 0.29) is 18.5 Å². The molecule has 0 heterocycles. The van der Waals surface area contributed by atoms with Crippen molar-refractivity contribution in [1.29, 1.82) is 0 Å². The fraction of sp³-hybridized carbons (Fsp3) is 0.948. The van der Waals surface area contributed by atoms with Crippen molar-refractivity contribution in [2.45, 2.75) is 456 Å². The van der Waals surface area contributed by atoms with Gasteiger partial charge in [-0.05, 0) is 32.1 Å². The Morgan fingerprint density at radius 1 is 0.325 bits per heavy atom. The highest BCUT2D eigenvalue weighted by atomic mass is 16.5. The fourth-order valence-corrected chi connectivity index (χ4v) is 12.5. The Bertz CT molecular complexity index is 1260. The van der Waals surface area contributed by atoms with Crippen molar-refractivity contribution < 1.29 is 24.5 Å². The normalized spacial score (nSPS) is 12.5. The molecule has 0 aromatic heterocycles. The quantitative estimate of drug-likeness (QED) is 0.0320. The third-order valence-electron chi connectivity index (χ3n) is 18.3. The van der Waals surface area contributed by atoms with Crippen LogP contribution in [0.15, 0.2) is 12.2 Å². The Hall–Kier alpha value is -1.40. The van der Waals surface area contributed by atoms with E-state index in [1.807, 2.05) is 6.08 Å². The van der Waals surface area contributed by atoms with Gasteiger partial charge in [-0.3, -0.25) is 9.59 Å². The van der Waals surface area contributed by atoms with Crippen molar-refractivity contribution >= 4 is 11.9 Å². The second-order valence-electron chi connectivity index (χ2n) is 26.7. The summed E-state index contributed by atoms with van der Waals surface area (Å²) < 4.78 is 5.49. The number of ether oxygens (including phenoxy) is 1. The number of amides is 1. The third kappa shape index (κ3) is 69.6. The molecule has 0 aliphatic rings. The minimum atomic E-state index is -0.843. The van der Waals surface area contributed by atoms with Gasteiger partial charge in [0.25, 0.3) is 0 Å². The van der Waals surface area contributed by atoms with Crippen LogP contribution < -0.4 is 5.32 Å². The van der Waals surface area contributed by atoms with Crippen LogP contribution in [-0.4, -0.2) is 47.4 Å². The number of carbonyl (C=O) groups excluding carboxylic acids is 2. The first-order valence-corrected chi connectivity index (χ1v) is 38.5. The number of rotatable bonds is 73. The highest BCUT2D eigenvalue weighted by Crippen LogP contribution is 2.20. The van der Waals surface area contributed by atoms with Gasteiger partial charge in [0.05, 0.1) is 25.4 Å². The predicted octanol–water partition coefficient (Wildman–Crippen LogP) is 25.1. The van der Waals surface area contributed by atoms with E-state index in [9.17, 15) is 19.8 Å². The van der Waals surface area contributed by atoms with Crippen molar-refractivity contribution in [3.05, 3.63) is 12.2 Å². The minimum Gasteiger partial charge on any atom is -0.466 e. The lowest BCUT2D eigenvalue weighted by molar-refractivity contribution is -0.143. The van der Waals surface area contributed by atoms with Crippen molar-refractivity contribution in [3.63, 3.8) is 0 Å². The van der Waals surface area contributed by atoms with E-state index in [0.29, 0.717) is 19.4 Å². The Labute approximate surface area is 520 Å². The molecular weight excluding hydrogens is 1020 g/mol. The summed E-state index contributed by atoms with van der Waals surface area (Å²) in [5, 5.41) is 23.3. The Kier molecular flexibility index (Phi) is 71.8. The van der Waals surface area contributed by atoms with Gasteiger partial charge in [0.2, 0.25) is 5.91 Å². The molecule has 494 valence electrons. The number of carbonyl (C=O) groups is 2. The van der Waals surface area contributed by atoms with Gasteiger partial charge in [0.15, 0.2) is 0 Å². The number of hydrogen-bond acceptors (Lipinski definition) is 5. The standard InChI is InChI=1S/C77H151NO5/c1-3-5-7-9-11-13-15-17-18-19-20-21-22-28-31-34-37-40-43-46-49-53-57-61-65-69-75(80)74(73-79)78-76(81)70-66-62-58-54-50-47-44-41-38-35-32-29-26-24-23-25-27-30-33-36-39-42-45-48-52-56-60-64-68-72-83-77(82)71-67-63-59-55-51-16-14-12-10-8-6-4-2/h65,69,74-75,79-80H,3-64,66-68,70-73H2,1-2H3,(H,78,81)/b69-65+. The molecule has 6 heteroatoms. The average Bonchev–Trinajstić information content (AvgIpc) is 3.49. The molecule has 0 fully saturated rings. The molecule has 2 atom stereocenters. The van der Waals surface area contributed by atoms with Gasteiger partial charge in [0, 0.05) is 12.8 Å². The van der Waals surface area contributed by atoms with Crippen LogP contribution in [0.5, 0.6) is 0 Å². The lowest BCUT2D eigenvalue weighted by atomic mass is 10.0. The summed E-state index contributed by atoms with van der Waals surface area (Å²) in [5.41, 5.74) is 0. The third-order valence-corrected chi connectivity index (χ3v) is 18.3. The monoisotopic (exact) mass is 1170 g/mol. The molecule has 0 aromatic carbocycles. The SMILES string of the molecule is CCCCCCCCCCCCCCCCCCCCCCCCC/C=C/C(O)C(CO)NC(=O)CCCCCCCCCCCCCCCCCCCCCCCCCCCCCCCOC(=O)CCCCCCCCCCCCCC. The molecule has 3 N–H and O–H groups in total. The van der Waals surface area contributed by atoms with Gasteiger partial charge in [-0.25, -0.2) is 0 Å². The molecule has 0 radical (unpaired) electrons. The summed E-state index contributed by atoms with van der Waals surface area (Å²) in [4.78, 5) is 24.6. The summed E-state index contributed by atoms with van der Waals surface area (Å²) in [6, 6.07) is -0.626. The average molecular weight is 1170 g/mol. The molecule has 0 aliphatic heterocycles. The molecule has 0 rings (SSSR count). The zero-order chi connectivity index (χ0) is 59.9. The number of esters is 1. The van der Waals surface area contributed by atoms with E-state index < -0.39 is 12.1 Å². The van der Waals surface area contributed by atoms with Crippen LogP contribution in [0, 0.1) is 0 Å². The van der Waals surface area contributed by atoms with Gasteiger partial charge in [-0.1, -0.05) is 411 Å². The summed E-state index contributed by atoms with van der Waals surface area (Å²) in [6.45, 7) is 4.96. The van der Waals surface area contributed by atoms with Gasteiger partial charge in [0.1, 0.15) is 0 Å². The molecule has 2 unspecified atom stereocenters. The molecule has 0 saturated heterocycles. The second-order valence-corrected chi connectivity index (χ2v) is 26.7. The Morgan fingerprint density at radius 2 is 0.554 bits per heavy atom. The van der Waals surface area contributed by atoms with Crippen molar-refractivity contribution in [1.82, 2.24) is 5.32 Å². The lowest BCUT2D eigenvalue weighted by Gasteiger charge is -2.20. The Balaban J connectivity index is 3.36. The van der Waals surface area contributed by atoms with Gasteiger partial charge < -0.3 is 20.3 Å². The number of unbranched alkanes of at least 4 members (excludes halogenated alkanes) is 62. The molecule has 0 aromatic rings. The number of aliphatic hydroxyl groups is 2. The van der Waals surface area contributed by atoms with E-state index in [1.54, 1.807) is 6.08 Å². The zero-order valence-corrected chi connectivity index (χ0v) is 56.7. The summed E-state index contributed by atoms with van der Waals surface area (Å²) in [5.74, 6) is -0.0377. The number of allylic oxidation sites excluding steroid dienone is 1. The van der Waals surface area contributed by atoms with Crippen molar-refractivity contribution in [3.8, 4) is 0 Å². The van der Waals surface area contributed by atoms with Crippen LogP contribution in [0.2, 0.25) is 0 Å². The van der Waals surface area contributed by atoms with Gasteiger partial charge in [-0.2, -0.15) is 0 Å². The molecule has 0 bridgehead atoms. The largest absolute Gasteiger partial charge is 0.466 e.